The molecule has 136 valence electrons. The number of nitrogens with zero attached hydrogens (tertiary/aromatic N) is 2. The third kappa shape index (κ3) is 4.10. The molecule has 2 aliphatic rings. The Morgan fingerprint density at radius 1 is 1.20 bits per heavy atom. The molecule has 0 spiro atoms. The van der Waals surface area contributed by atoms with Crippen LogP contribution in [0.25, 0.3) is 0 Å². The number of benzene rings is 1. The summed E-state index contributed by atoms with van der Waals surface area (Å²) < 4.78 is 26.7. The van der Waals surface area contributed by atoms with E-state index >= 15 is 0 Å². The van der Waals surface area contributed by atoms with Crippen molar-refractivity contribution in [1.29, 1.82) is 0 Å². The van der Waals surface area contributed by atoms with E-state index in [1.54, 1.807) is 18.2 Å². The van der Waals surface area contributed by atoms with E-state index < -0.39 is 10.0 Å². The smallest absolute Gasteiger partial charge is 0.267 e. The van der Waals surface area contributed by atoms with Crippen molar-refractivity contribution in [3.63, 3.8) is 0 Å². The molecule has 1 heterocycles. The molecule has 1 unspecified atom stereocenters. The van der Waals surface area contributed by atoms with E-state index in [1.165, 1.54) is 16.8 Å². The summed E-state index contributed by atoms with van der Waals surface area (Å²) in [6.07, 6.45) is 6.07. The second-order valence-electron chi connectivity index (χ2n) is 6.83. The van der Waals surface area contributed by atoms with Crippen LogP contribution >= 0.6 is 0 Å². The number of rotatable bonds is 4. The van der Waals surface area contributed by atoms with Crippen LogP contribution in [-0.2, 0) is 10.0 Å². The summed E-state index contributed by atoms with van der Waals surface area (Å²) in [5, 5.41) is 4.27. The van der Waals surface area contributed by atoms with Crippen molar-refractivity contribution in [2.24, 2.45) is 11.0 Å². The third-order valence-corrected chi connectivity index (χ3v) is 6.88. The van der Waals surface area contributed by atoms with Crippen LogP contribution in [0.5, 0.6) is 0 Å². The summed E-state index contributed by atoms with van der Waals surface area (Å²) >= 11 is 0. The van der Waals surface area contributed by atoms with Gasteiger partial charge in [-0.3, -0.25) is 4.79 Å². The SMILES string of the molecule is CC1CCCC/C1=N\NC(=O)c1cccc(S(=O)(=O)N2CCCC2)c1. The maximum absolute atomic E-state index is 12.6. The second-order valence-corrected chi connectivity index (χ2v) is 8.77. The molecule has 1 amide bonds. The van der Waals surface area contributed by atoms with Crippen LogP contribution in [0.4, 0.5) is 0 Å². The number of hydrogen-bond donors (Lipinski definition) is 1. The lowest BCUT2D eigenvalue weighted by Gasteiger charge is -2.19. The fraction of sp³-hybridized carbons (Fsp3) is 0.556. The zero-order valence-electron chi connectivity index (χ0n) is 14.6. The Labute approximate surface area is 149 Å². The highest BCUT2D eigenvalue weighted by molar-refractivity contribution is 7.89. The summed E-state index contributed by atoms with van der Waals surface area (Å²) in [5.41, 5.74) is 3.92. The fourth-order valence-electron chi connectivity index (χ4n) is 3.40. The molecular formula is C18H25N3O3S. The van der Waals surface area contributed by atoms with Gasteiger partial charge in [-0.2, -0.15) is 9.41 Å². The van der Waals surface area contributed by atoms with Gasteiger partial charge >= 0.3 is 0 Å². The van der Waals surface area contributed by atoms with Crippen LogP contribution in [0, 0.1) is 5.92 Å². The van der Waals surface area contributed by atoms with Gasteiger partial charge in [0.2, 0.25) is 10.0 Å². The number of hydrogen-bond acceptors (Lipinski definition) is 4. The number of hydrazone groups is 1. The molecule has 0 aromatic heterocycles. The van der Waals surface area contributed by atoms with Crippen LogP contribution < -0.4 is 5.43 Å². The monoisotopic (exact) mass is 363 g/mol. The van der Waals surface area contributed by atoms with Crippen LogP contribution in [0.15, 0.2) is 34.3 Å². The minimum Gasteiger partial charge on any atom is -0.267 e. The maximum Gasteiger partial charge on any atom is 0.271 e. The number of sulfonamides is 1. The molecule has 0 radical (unpaired) electrons. The average Bonchev–Trinajstić information content (AvgIpc) is 3.16. The summed E-state index contributed by atoms with van der Waals surface area (Å²) in [6.45, 7) is 3.21. The zero-order valence-corrected chi connectivity index (χ0v) is 15.4. The van der Waals surface area contributed by atoms with Gasteiger partial charge in [0.1, 0.15) is 0 Å². The summed E-state index contributed by atoms with van der Waals surface area (Å²) in [7, 11) is -3.52. The first-order valence-electron chi connectivity index (χ1n) is 8.95. The van der Waals surface area contributed by atoms with Crippen molar-refractivity contribution in [2.45, 2.75) is 50.3 Å². The molecule has 1 aliphatic carbocycles. The van der Waals surface area contributed by atoms with Crippen LogP contribution in [0.2, 0.25) is 0 Å². The lowest BCUT2D eigenvalue weighted by Crippen LogP contribution is -2.28. The van der Waals surface area contributed by atoms with E-state index in [4.69, 9.17) is 0 Å². The summed E-state index contributed by atoms with van der Waals surface area (Å²) in [6, 6.07) is 6.20. The van der Waals surface area contributed by atoms with E-state index in [2.05, 4.69) is 17.5 Å². The number of amides is 1. The molecular weight excluding hydrogens is 338 g/mol. The van der Waals surface area contributed by atoms with Crippen molar-refractivity contribution in [3.8, 4) is 0 Å². The molecule has 0 bridgehead atoms. The van der Waals surface area contributed by atoms with E-state index in [0.29, 0.717) is 24.6 Å². The first kappa shape index (κ1) is 18.1. The summed E-state index contributed by atoms with van der Waals surface area (Å²) in [5.74, 6) is 0.0136. The first-order chi connectivity index (χ1) is 12.0. The molecule has 1 aliphatic heterocycles. The van der Waals surface area contributed by atoms with Crippen LogP contribution in [-0.4, -0.2) is 37.4 Å². The Hall–Kier alpha value is -1.73. The van der Waals surface area contributed by atoms with E-state index in [9.17, 15) is 13.2 Å². The number of nitrogens with one attached hydrogen (secondary N) is 1. The Bertz CT molecular complexity index is 768. The molecule has 6 nitrogen and oxygen atoms in total. The second kappa shape index (κ2) is 7.66. The minimum absolute atomic E-state index is 0.167. The fourth-order valence-corrected chi connectivity index (χ4v) is 4.96. The van der Waals surface area contributed by atoms with Crippen molar-refractivity contribution >= 4 is 21.6 Å². The van der Waals surface area contributed by atoms with Gasteiger partial charge < -0.3 is 0 Å². The molecule has 25 heavy (non-hydrogen) atoms. The highest BCUT2D eigenvalue weighted by Gasteiger charge is 2.27. The number of carbonyl (C=O) groups excluding carboxylic acids is 1. The lowest BCUT2D eigenvalue weighted by atomic mass is 9.89. The minimum atomic E-state index is -3.52. The molecule has 1 aromatic rings. The summed E-state index contributed by atoms with van der Waals surface area (Å²) in [4.78, 5) is 12.5. The maximum atomic E-state index is 12.6. The molecule has 1 aromatic carbocycles. The first-order valence-corrected chi connectivity index (χ1v) is 10.4. The standard InChI is InChI=1S/C18H25N3O3S/c1-14-7-2-3-10-17(14)19-20-18(22)15-8-6-9-16(13-15)25(23,24)21-11-4-5-12-21/h6,8-9,13-14H,2-5,7,10-12H2,1H3,(H,20,22)/b19-17+. The largest absolute Gasteiger partial charge is 0.271 e. The molecule has 7 heteroatoms. The zero-order chi connectivity index (χ0) is 17.9. The van der Waals surface area contributed by atoms with E-state index in [-0.39, 0.29) is 10.8 Å². The van der Waals surface area contributed by atoms with Gasteiger partial charge in [0.15, 0.2) is 0 Å². The van der Waals surface area contributed by atoms with Gasteiger partial charge in [-0.1, -0.05) is 19.4 Å². The molecule has 1 atom stereocenters. The Morgan fingerprint density at radius 2 is 1.96 bits per heavy atom. The van der Waals surface area contributed by atoms with Gasteiger partial charge in [-0.25, -0.2) is 13.8 Å². The molecule has 1 saturated heterocycles. The van der Waals surface area contributed by atoms with Crippen molar-refractivity contribution in [1.82, 2.24) is 9.73 Å². The lowest BCUT2D eigenvalue weighted by molar-refractivity contribution is 0.0954. The topological polar surface area (TPSA) is 78.8 Å². The van der Waals surface area contributed by atoms with Crippen molar-refractivity contribution in [3.05, 3.63) is 29.8 Å². The van der Waals surface area contributed by atoms with Gasteiger partial charge in [0, 0.05) is 24.4 Å². The Kier molecular flexibility index (Phi) is 5.54. The molecule has 1 N–H and O–H groups in total. The number of carbonyl (C=O) groups is 1. The Balaban J connectivity index is 1.74. The van der Waals surface area contributed by atoms with Crippen LogP contribution in [0.1, 0.15) is 55.8 Å². The van der Waals surface area contributed by atoms with Gasteiger partial charge in [-0.15, -0.1) is 0 Å². The molecule has 2 fully saturated rings. The average molecular weight is 363 g/mol. The van der Waals surface area contributed by atoms with E-state index in [0.717, 1.165) is 37.8 Å². The highest BCUT2D eigenvalue weighted by Crippen LogP contribution is 2.22. The van der Waals surface area contributed by atoms with E-state index in [1.807, 2.05) is 0 Å². The molecule has 1 saturated carbocycles. The van der Waals surface area contributed by atoms with Crippen LogP contribution in [0.3, 0.4) is 0 Å². The van der Waals surface area contributed by atoms with Gasteiger partial charge in [0.25, 0.3) is 5.91 Å². The van der Waals surface area contributed by atoms with Crippen molar-refractivity contribution in [2.75, 3.05) is 13.1 Å². The predicted molar refractivity (Wildman–Crippen MR) is 97.0 cm³/mol. The predicted octanol–water partition coefficient (Wildman–Crippen LogP) is 2.77. The van der Waals surface area contributed by atoms with Gasteiger partial charge in [-0.05, 0) is 56.2 Å². The van der Waals surface area contributed by atoms with Gasteiger partial charge in [0.05, 0.1) is 4.90 Å². The van der Waals surface area contributed by atoms with Crippen molar-refractivity contribution < 1.29 is 13.2 Å². The Morgan fingerprint density at radius 3 is 2.68 bits per heavy atom. The normalized spacial score (nSPS) is 23.7. The highest BCUT2D eigenvalue weighted by atomic mass is 32.2. The quantitative estimate of drug-likeness (QED) is 0.836. The third-order valence-electron chi connectivity index (χ3n) is 4.99. The molecule has 3 rings (SSSR count).